The minimum absolute atomic E-state index is 0.0116. The van der Waals surface area contributed by atoms with Crippen molar-refractivity contribution < 1.29 is 9.94 Å². The zero-order valence-corrected chi connectivity index (χ0v) is 4.93. The van der Waals surface area contributed by atoms with Crippen LogP contribution in [0.25, 0.3) is 0 Å². The van der Waals surface area contributed by atoms with Gasteiger partial charge in [-0.05, 0) is 13.8 Å². The largest absolute Gasteiger partial charge is 0.480 e. The van der Waals surface area contributed by atoms with E-state index in [9.17, 15) is 0 Å². The lowest BCUT2D eigenvalue weighted by Crippen LogP contribution is -2.18. The van der Waals surface area contributed by atoms with Crippen molar-refractivity contribution in [3.05, 3.63) is 11.5 Å². The molecule has 1 unspecified atom stereocenters. The van der Waals surface area contributed by atoms with Crippen LogP contribution in [0.5, 0.6) is 0 Å². The second-order valence-electron chi connectivity index (χ2n) is 1.93. The van der Waals surface area contributed by atoms with Crippen molar-refractivity contribution in [2.75, 3.05) is 0 Å². The molecule has 1 atom stereocenters. The van der Waals surface area contributed by atoms with Crippen LogP contribution in [0.1, 0.15) is 13.8 Å². The third kappa shape index (κ3) is 0.648. The summed E-state index contributed by atoms with van der Waals surface area (Å²) in [5.74, 6) is 0.0116. The van der Waals surface area contributed by atoms with Crippen molar-refractivity contribution in [1.29, 1.82) is 0 Å². The van der Waals surface area contributed by atoms with E-state index in [1.165, 1.54) is 0 Å². The zero-order valence-electron chi connectivity index (χ0n) is 4.93. The SMILES string of the molecule is CC1=C(O)ONC1C. The number of hydroxylamine groups is 1. The van der Waals surface area contributed by atoms with Crippen LogP contribution in [0.3, 0.4) is 0 Å². The van der Waals surface area contributed by atoms with E-state index in [0.717, 1.165) is 5.57 Å². The van der Waals surface area contributed by atoms with Crippen LogP contribution in [-0.4, -0.2) is 11.1 Å². The predicted molar refractivity (Wildman–Crippen MR) is 29.0 cm³/mol. The molecule has 0 aromatic rings. The summed E-state index contributed by atoms with van der Waals surface area (Å²) >= 11 is 0. The molecule has 0 saturated carbocycles. The maximum atomic E-state index is 8.76. The zero-order chi connectivity index (χ0) is 6.15. The molecule has 0 bridgehead atoms. The number of hydrogen-bond donors (Lipinski definition) is 2. The summed E-state index contributed by atoms with van der Waals surface area (Å²) in [5, 5.41) is 8.76. The molecule has 0 aromatic heterocycles. The molecule has 1 heterocycles. The highest BCUT2D eigenvalue weighted by atomic mass is 16.7. The molecule has 8 heavy (non-hydrogen) atoms. The molecule has 3 heteroatoms. The first-order valence-corrected chi connectivity index (χ1v) is 2.54. The van der Waals surface area contributed by atoms with Gasteiger partial charge >= 0.3 is 0 Å². The molecule has 0 amide bonds. The Hall–Kier alpha value is -0.700. The van der Waals surface area contributed by atoms with E-state index in [4.69, 9.17) is 5.11 Å². The molecule has 0 fully saturated rings. The molecule has 0 radical (unpaired) electrons. The van der Waals surface area contributed by atoms with E-state index >= 15 is 0 Å². The molecule has 0 aliphatic carbocycles. The van der Waals surface area contributed by atoms with Gasteiger partial charge in [0.2, 0.25) is 0 Å². The van der Waals surface area contributed by atoms with Crippen molar-refractivity contribution in [2.24, 2.45) is 0 Å². The van der Waals surface area contributed by atoms with Crippen LogP contribution in [0.4, 0.5) is 0 Å². The lowest BCUT2D eigenvalue weighted by molar-refractivity contribution is 0.0399. The number of aliphatic hydroxyl groups excluding tert-OH is 1. The Balaban J connectivity index is 2.71. The molecule has 3 nitrogen and oxygen atoms in total. The van der Waals surface area contributed by atoms with Crippen LogP contribution in [-0.2, 0) is 4.84 Å². The van der Waals surface area contributed by atoms with Crippen molar-refractivity contribution in [2.45, 2.75) is 19.9 Å². The highest BCUT2D eigenvalue weighted by Gasteiger charge is 2.17. The molecule has 46 valence electrons. The van der Waals surface area contributed by atoms with Gasteiger partial charge in [0.25, 0.3) is 5.95 Å². The first-order valence-electron chi connectivity index (χ1n) is 2.54. The summed E-state index contributed by atoms with van der Waals surface area (Å²) in [7, 11) is 0. The second-order valence-corrected chi connectivity index (χ2v) is 1.93. The third-order valence-electron chi connectivity index (χ3n) is 1.32. The number of nitrogens with one attached hydrogen (secondary N) is 1. The lowest BCUT2D eigenvalue weighted by atomic mass is 10.2. The first kappa shape index (κ1) is 5.44. The molecule has 1 aliphatic rings. The third-order valence-corrected chi connectivity index (χ3v) is 1.32. The van der Waals surface area contributed by atoms with E-state index < -0.39 is 0 Å². The van der Waals surface area contributed by atoms with Gasteiger partial charge in [0.15, 0.2) is 0 Å². The van der Waals surface area contributed by atoms with E-state index in [2.05, 4.69) is 10.3 Å². The summed E-state index contributed by atoms with van der Waals surface area (Å²) in [6.45, 7) is 3.73. The van der Waals surface area contributed by atoms with Gasteiger partial charge in [-0.15, -0.1) is 5.48 Å². The summed E-state index contributed by atoms with van der Waals surface area (Å²) in [4.78, 5) is 4.56. The van der Waals surface area contributed by atoms with Gasteiger partial charge in [0, 0.05) is 5.57 Å². The van der Waals surface area contributed by atoms with Crippen LogP contribution >= 0.6 is 0 Å². The van der Waals surface area contributed by atoms with Gasteiger partial charge < -0.3 is 9.94 Å². The molecule has 0 saturated heterocycles. The summed E-state index contributed by atoms with van der Waals surface area (Å²) in [6.07, 6.45) is 0. The minimum Gasteiger partial charge on any atom is -0.480 e. The number of hydrogen-bond acceptors (Lipinski definition) is 3. The first-order chi connectivity index (χ1) is 3.72. The Bertz CT molecular complexity index is 130. The highest BCUT2D eigenvalue weighted by molar-refractivity contribution is 5.09. The van der Waals surface area contributed by atoms with Crippen LogP contribution in [0.15, 0.2) is 11.5 Å². The van der Waals surface area contributed by atoms with E-state index in [-0.39, 0.29) is 12.0 Å². The number of rotatable bonds is 0. The van der Waals surface area contributed by atoms with Crippen LogP contribution < -0.4 is 5.48 Å². The van der Waals surface area contributed by atoms with Crippen molar-refractivity contribution in [3.8, 4) is 0 Å². The van der Waals surface area contributed by atoms with Gasteiger partial charge in [-0.3, -0.25) is 0 Å². The van der Waals surface area contributed by atoms with Crippen LogP contribution in [0.2, 0.25) is 0 Å². The highest BCUT2D eigenvalue weighted by Crippen LogP contribution is 2.12. The average molecular weight is 115 g/mol. The Morgan fingerprint density at radius 1 is 1.75 bits per heavy atom. The maximum Gasteiger partial charge on any atom is 0.297 e. The minimum atomic E-state index is 0.0116. The van der Waals surface area contributed by atoms with Gasteiger partial charge in [0.05, 0.1) is 6.04 Å². The standard InChI is InChI=1S/C5H9NO2/c1-3-4(2)6-8-5(3)7/h4,6-7H,1-2H3. The van der Waals surface area contributed by atoms with E-state index in [0.29, 0.717) is 0 Å². The van der Waals surface area contributed by atoms with Gasteiger partial charge in [-0.2, -0.15) is 0 Å². The van der Waals surface area contributed by atoms with Crippen molar-refractivity contribution >= 4 is 0 Å². The Labute approximate surface area is 47.9 Å². The van der Waals surface area contributed by atoms with E-state index in [1.807, 2.05) is 13.8 Å². The Morgan fingerprint density at radius 2 is 2.38 bits per heavy atom. The fourth-order valence-corrected chi connectivity index (χ4v) is 0.498. The average Bonchev–Trinajstić information content (AvgIpc) is 1.98. The molecule has 1 aliphatic heterocycles. The monoisotopic (exact) mass is 115 g/mol. The topological polar surface area (TPSA) is 41.5 Å². The summed E-state index contributed by atoms with van der Waals surface area (Å²) < 4.78 is 0. The molecule has 0 spiro atoms. The van der Waals surface area contributed by atoms with Crippen LogP contribution in [0, 0.1) is 0 Å². The quantitative estimate of drug-likeness (QED) is 0.488. The molecule has 1 rings (SSSR count). The summed E-state index contributed by atoms with van der Waals surface area (Å²) in [6, 6.07) is 0.148. The number of aliphatic hydroxyl groups is 1. The summed E-state index contributed by atoms with van der Waals surface area (Å²) in [5.41, 5.74) is 3.45. The molecular formula is C5H9NO2. The Morgan fingerprint density at radius 3 is 2.50 bits per heavy atom. The smallest absolute Gasteiger partial charge is 0.297 e. The van der Waals surface area contributed by atoms with Crippen molar-refractivity contribution in [1.82, 2.24) is 5.48 Å². The molecule has 2 N–H and O–H groups in total. The fourth-order valence-electron chi connectivity index (χ4n) is 0.498. The second kappa shape index (κ2) is 1.67. The fraction of sp³-hybridized carbons (Fsp3) is 0.600. The van der Waals surface area contributed by atoms with Crippen molar-refractivity contribution in [3.63, 3.8) is 0 Å². The predicted octanol–water partition coefficient (Wildman–Crippen LogP) is 0.699. The van der Waals surface area contributed by atoms with E-state index in [1.54, 1.807) is 0 Å². The lowest BCUT2D eigenvalue weighted by Gasteiger charge is -1.97. The van der Waals surface area contributed by atoms with Gasteiger partial charge in [-0.1, -0.05) is 0 Å². The maximum absolute atomic E-state index is 8.76. The molecular weight excluding hydrogens is 106 g/mol. The Kier molecular flexibility index (Phi) is 1.13. The molecule has 0 aromatic carbocycles. The normalized spacial score (nSPS) is 28.5. The van der Waals surface area contributed by atoms with Gasteiger partial charge in [-0.25, -0.2) is 0 Å². The van der Waals surface area contributed by atoms with Gasteiger partial charge in [0.1, 0.15) is 0 Å².